The normalized spacial score (nSPS) is 18.9. The smallest absolute Gasteiger partial charge is 0.329 e. The third kappa shape index (κ3) is 4.85. The van der Waals surface area contributed by atoms with E-state index in [2.05, 4.69) is 9.97 Å². The summed E-state index contributed by atoms with van der Waals surface area (Å²) in [6.45, 7) is 2.29. The van der Waals surface area contributed by atoms with Gasteiger partial charge in [-0.1, -0.05) is 37.3 Å². The maximum atomic E-state index is 12.4. The number of halogens is 1. The van der Waals surface area contributed by atoms with E-state index >= 15 is 0 Å². The van der Waals surface area contributed by atoms with Gasteiger partial charge in [0.15, 0.2) is 0 Å². The zero-order valence-corrected chi connectivity index (χ0v) is 17.5. The number of benzene rings is 1. The second-order valence-corrected chi connectivity index (χ2v) is 7.34. The lowest BCUT2D eigenvalue weighted by Crippen LogP contribution is -2.55. The second kappa shape index (κ2) is 9.82. The molecule has 10 heteroatoms. The Kier molecular flexibility index (Phi) is 7.17. The number of anilines is 1. The molecule has 1 heterocycles. The number of ether oxygens (including phenoxy) is 2. The number of carbonyl (C=O) groups is 1. The third-order valence-electron chi connectivity index (χ3n) is 5.15. The Morgan fingerprint density at radius 3 is 2.67 bits per heavy atom. The van der Waals surface area contributed by atoms with Gasteiger partial charge in [0.05, 0.1) is 24.7 Å². The molecule has 160 valence electrons. The Balaban J connectivity index is 1.81. The van der Waals surface area contributed by atoms with E-state index in [9.17, 15) is 14.9 Å². The van der Waals surface area contributed by atoms with Crippen molar-refractivity contribution >= 4 is 29.1 Å². The molecule has 0 aliphatic heterocycles. The maximum Gasteiger partial charge on any atom is 0.329 e. The number of esters is 1. The van der Waals surface area contributed by atoms with Crippen LogP contribution in [0.5, 0.6) is 0 Å². The van der Waals surface area contributed by atoms with Crippen molar-refractivity contribution in [3.05, 3.63) is 57.5 Å². The number of nitrogens with zero attached hydrogens (tertiary/aromatic N) is 4. The summed E-state index contributed by atoms with van der Waals surface area (Å²) in [4.78, 5) is 32.8. The van der Waals surface area contributed by atoms with Crippen LogP contribution in [0.1, 0.15) is 31.7 Å². The first-order chi connectivity index (χ1) is 14.4. The molecular weight excluding hydrogens is 412 g/mol. The van der Waals surface area contributed by atoms with Crippen LogP contribution in [0.3, 0.4) is 0 Å². The number of carbonyl (C=O) groups excluding carboxylic acids is 1. The summed E-state index contributed by atoms with van der Waals surface area (Å²) in [6, 6.07) is 8.89. The molecule has 0 unspecified atom stereocenters. The van der Waals surface area contributed by atoms with Gasteiger partial charge in [0.1, 0.15) is 12.2 Å². The second-order valence-electron chi connectivity index (χ2n) is 7.00. The zero-order chi connectivity index (χ0) is 21.7. The molecule has 0 spiro atoms. The van der Waals surface area contributed by atoms with Gasteiger partial charge in [-0.15, -0.1) is 0 Å². The topological polar surface area (TPSA) is 108 Å². The van der Waals surface area contributed by atoms with E-state index in [1.54, 1.807) is 4.90 Å². The minimum atomic E-state index is -0.736. The molecule has 9 nitrogen and oxygen atoms in total. The summed E-state index contributed by atoms with van der Waals surface area (Å²) < 4.78 is 10.9. The summed E-state index contributed by atoms with van der Waals surface area (Å²) in [5.74, 6) is -0.473. The van der Waals surface area contributed by atoms with Crippen molar-refractivity contribution in [2.24, 2.45) is 0 Å². The largest absolute Gasteiger partial charge is 0.467 e. The van der Waals surface area contributed by atoms with Gasteiger partial charge in [0.25, 0.3) is 0 Å². The predicted octanol–water partition coefficient (Wildman–Crippen LogP) is 3.54. The molecule has 1 atom stereocenters. The van der Waals surface area contributed by atoms with Crippen LogP contribution >= 0.6 is 11.6 Å². The Labute approximate surface area is 179 Å². The van der Waals surface area contributed by atoms with Gasteiger partial charge >= 0.3 is 11.7 Å². The lowest BCUT2D eigenvalue weighted by atomic mass is 9.86. The molecule has 3 rings (SSSR count). The molecule has 0 bridgehead atoms. The van der Waals surface area contributed by atoms with E-state index in [4.69, 9.17) is 21.1 Å². The number of aromatic nitrogens is 2. The standard InChI is InChI=1S/C20H23ClN4O5/c1-3-16(19(26)29-2)24(18-17(25(27)28)11-22-20(21)23-18)14-9-15(10-14)30-12-13-7-5-4-6-8-13/h4-8,11,14-16H,3,9-10,12H2,1-2H3/t14?,15?,16-/m1/s1. The van der Waals surface area contributed by atoms with Crippen LogP contribution in [0.15, 0.2) is 36.5 Å². The van der Waals surface area contributed by atoms with Crippen molar-refractivity contribution in [1.29, 1.82) is 0 Å². The summed E-state index contributed by atoms with van der Waals surface area (Å²) in [5.41, 5.74) is 0.757. The molecule has 1 saturated carbocycles. The first-order valence-corrected chi connectivity index (χ1v) is 10.0. The average Bonchev–Trinajstić information content (AvgIpc) is 2.71. The quantitative estimate of drug-likeness (QED) is 0.255. The fraction of sp³-hybridized carbons (Fsp3) is 0.450. The Morgan fingerprint density at radius 2 is 2.07 bits per heavy atom. The first kappa shape index (κ1) is 21.9. The Bertz CT molecular complexity index is 892. The van der Waals surface area contributed by atoms with E-state index in [1.807, 2.05) is 37.3 Å². The van der Waals surface area contributed by atoms with Gasteiger partial charge in [0.2, 0.25) is 11.1 Å². The minimum Gasteiger partial charge on any atom is -0.467 e. The van der Waals surface area contributed by atoms with Crippen LogP contribution in [0, 0.1) is 10.1 Å². The lowest BCUT2D eigenvalue weighted by molar-refractivity contribution is -0.384. The van der Waals surface area contributed by atoms with Gasteiger partial charge in [-0.05, 0) is 36.4 Å². The van der Waals surface area contributed by atoms with Crippen molar-refractivity contribution in [3.63, 3.8) is 0 Å². The molecule has 0 radical (unpaired) electrons. The van der Waals surface area contributed by atoms with Gasteiger partial charge in [0, 0.05) is 6.04 Å². The van der Waals surface area contributed by atoms with E-state index in [0.717, 1.165) is 11.8 Å². The van der Waals surface area contributed by atoms with Crippen molar-refractivity contribution in [2.45, 2.75) is 51.0 Å². The molecule has 1 aliphatic rings. The van der Waals surface area contributed by atoms with Crippen LogP contribution in [-0.4, -0.2) is 46.2 Å². The van der Waals surface area contributed by atoms with E-state index in [-0.39, 0.29) is 28.9 Å². The van der Waals surface area contributed by atoms with Crippen molar-refractivity contribution in [3.8, 4) is 0 Å². The van der Waals surface area contributed by atoms with E-state index < -0.39 is 16.9 Å². The van der Waals surface area contributed by atoms with Crippen LogP contribution in [0.2, 0.25) is 5.28 Å². The molecule has 1 aromatic heterocycles. The minimum absolute atomic E-state index is 0.0174. The summed E-state index contributed by atoms with van der Waals surface area (Å²) >= 11 is 5.93. The summed E-state index contributed by atoms with van der Waals surface area (Å²) in [7, 11) is 1.29. The van der Waals surface area contributed by atoms with E-state index in [1.165, 1.54) is 7.11 Å². The highest BCUT2D eigenvalue weighted by Crippen LogP contribution is 2.38. The molecule has 0 amide bonds. The fourth-order valence-electron chi connectivity index (χ4n) is 3.54. The lowest BCUT2D eigenvalue weighted by Gasteiger charge is -2.45. The van der Waals surface area contributed by atoms with Crippen molar-refractivity contribution in [2.75, 3.05) is 12.0 Å². The summed E-state index contributed by atoms with van der Waals surface area (Å²) in [5, 5.41) is 11.4. The molecule has 2 aromatic rings. The zero-order valence-electron chi connectivity index (χ0n) is 16.7. The van der Waals surface area contributed by atoms with Crippen molar-refractivity contribution in [1.82, 2.24) is 9.97 Å². The molecule has 0 saturated heterocycles. The van der Waals surface area contributed by atoms with Crippen LogP contribution in [0.25, 0.3) is 0 Å². The number of rotatable bonds is 9. The number of nitro groups is 1. The fourth-order valence-corrected chi connectivity index (χ4v) is 3.67. The Morgan fingerprint density at radius 1 is 1.37 bits per heavy atom. The van der Waals surface area contributed by atoms with Crippen molar-refractivity contribution < 1.29 is 19.2 Å². The SMILES string of the molecule is CC[C@H](C(=O)OC)N(c1nc(Cl)ncc1[N+](=O)[O-])C1CC(OCc2ccccc2)C1. The van der Waals surface area contributed by atoms with Gasteiger partial charge in [-0.25, -0.2) is 9.78 Å². The van der Waals surface area contributed by atoms with E-state index in [0.29, 0.717) is 25.9 Å². The monoisotopic (exact) mass is 434 g/mol. The van der Waals surface area contributed by atoms with Crippen LogP contribution in [0.4, 0.5) is 11.5 Å². The molecule has 1 aromatic carbocycles. The molecular formula is C20H23ClN4O5. The average molecular weight is 435 g/mol. The highest BCUT2D eigenvalue weighted by Gasteiger charge is 2.43. The number of hydrogen-bond donors (Lipinski definition) is 0. The highest BCUT2D eigenvalue weighted by atomic mass is 35.5. The summed E-state index contributed by atoms with van der Waals surface area (Å²) in [6.07, 6.45) is 2.61. The van der Waals surface area contributed by atoms with Crippen LogP contribution in [-0.2, 0) is 20.9 Å². The Hall–Kier alpha value is -2.78. The first-order valence-electron chi connectivity index (χ1n) is 9.63. The third-order valence-corrected chi connectivity index (χ3v) is 5.33. The van der Waals surface area contributed by atoms with Crippen LogP contribution < -0.4 is 4.90 Å². The number of methoxy groups -OCH3 is 1. The molecule has 0 N–H and O–H groups in total. The maximum absolute atomic E-state index is 12.4. The molecule has 30 heavy (non-hydrogen) atoms. The van der Waals surface area contributed by atoms with Gasteiger partial charge < -0.3 is 14.4 Å². The van der Waals surface area contributed by atoms with Gasteiger partial charge in [-0.3, -0.25) is 10.1 Å². The highest BCUT2D eigenvalue weighted by molar-refractivity contribution is 6.28. The van der Waals surface area contributed by atoms with Gasteiger partial charge in [-0.2, -0.15) is 4.98 Å². The number of hydrogen-bond acceptors (Lipinski definition) is 8. The molecule has 1 aliphatic carbocycles. The molecule has 1 fully saturated rings. The predicted molar refractivity (Wildman–Crippen MR) is 110 cm³/mol.